The molecule has 0 aromatic carbocycles. The van der Waals surface area contributed by atoms with Crippen LogP contribution in [0.25, 0.3) is 0 Å². The molecule has 0 rings (SSSR count). The molecule has 0 aromatic heterocycles. The molecule has 0 fully saturated rings. The van der Waals surface area contributed by atoms with Gasteiger partial charge in [-0.1, -0.05) is 294 Å². The molecule has 1 amide bonds. The maximum Gasteiger partial charge on any atom is 0.472 e. The number of quaternary nitrogens is 1. The number of esters is 1. The van der Waals surface area contributed by atoms with Crippen LogP contribution in [0.1, 0.15) is 342 Å². The number of hydrogen-bond donors (Lipinski definition) is 2. The largest absolute Gasteiger partial charge is 0.472 e. The number of hydrogen-bond acceptors (Lipinski definition) is 6. The Kier molecular flexibility index (Phi) is 61.0. The number of unbranched alkanes of at least 4 members (excludes halogenated alkanes) is 41. The Labute approximate surface area is 515 Å². The van der Waals surface area contributed by atoms with Crippen molar-refractivity contribution in [3.05, 3.63) is 60.8 Å². The molecule has 0 aliphatic rings. The third-order valence-corrected chi connectivity index (χ3v) is 16.9. The third kappa shape index (κ3) is 64.0. The molecule has 0 aliphatic heterocycles. The van der Waals surface area contributed by atoms with E-state index in [1.54, 1.807) is 0 Å². The molecule has 9 nitrogen and oxygen atoms in total. The van der Waals surface area contributed by atoms with Gasteiger partial charge in [-0.3, -0.25) is 18.6 Å². The number of likely N-dealkylation sites (N-methyl/N-ethyl adjacent to an activating group) is 1. The summed E-state index contributed by atoms with van der Waals surface area (Å²) in [6.07, 6.45) is 81.0. The van der Waals surface area contributed by atoms with Crippen LogP contribution in [0, 0.1) is 0 Å². The van der Waals surface area contributed by atoms with Crippen molar-refractivity contribution in [3.8, 4) is 0 Å². The van der Waals surface area contributed by atoms with E-state index < -0.39 is 20.0 Å². The van der Waals surface area contributed by atoms with Gasteiger partial charge in [-0.05, 0) is 96.0 Å². The highest BCUT2D eigenvalue weighted by molar-refractivity contribution is 7.47. The summed E-state index contributed by atoms with van der Waals surface area (Å²) in [6, 6.07) is -0.854. The highest BCUT2D eigenvalue weighted by Crippen LogP contribution is 2.43. The third-order valence-electron chi connectivity index (χ3n) is 15.9. The van der Waals surface area contributed by atoms with Crippen LogP contribution in [0.2, 0.25) is 0 Å². The average molecular weight is 1190 g/mol. The summed E-state index contributed by atoms with van der Waals surface area (Å²) in [7, 11) is 1.50. The van der Waals surface area contributed by atoms with Crippen LogP contribution in [0.4, 0.5) is 0 Å². The van der Waals surface area contributed by atoms with Gasteiger partial charge in [-0.25, -0.2) is 4.57 Å². The van der Waals surface area contributed by atoms with Gasteiger partial charge in [0.1, 0.15) is 19.3 Å². The van der Waals surface area contributed by atoms with Gasteiger partial charge in [-0.2, -0.15) is 0 Å². The zero-order valence-corrected chi connectivity index (χ0v) is 56.6. The molecule has 0 saturated heterocycles. The van der Waals surface area contributed by atoms with E-state index in [0.717, 1.165) is 83.5 Å². The number of carbonyl (C=O) groups excluding carboxylic acids is 2. The van der Waals surface area contributed by atoms with Crippen LogP contribution in [0.5, 0.6) is 0 Å². The van der Waals surface area contributed by atoms with E-state index in [4.69, 9.17) is 13.8 Å². The number of ether oxygens (including phenoxy) is 1. The molecular weight excluding hydrogens is 1050 g/mol. The minimum absolute atomic E-state index is 0.0381. The van der Waals surface area contributed by atoms with Gasteiger partial charge in [0.05, 0.1) is 33.8 Å². The molecule has 486 valence electrons. The maximum absolute atomic E-state index is 13.6. The molecule has 10 heteroatoms. The number of phosphoric ester groups is 1. The fourth-order valence-electron chi connectivity index (χ4n) is 10.4. The van der Waals surface area contributed by atoms with Crippen molar-refractivity contribution in [1.29, 1.82) is 0 Å². The lowest BCUT2D eigenvalue weighted by Crippen LogP contribution is -2.47. The molecule has 0 saturated carbocycles. The van der Waals surface area contributed by atoms with E-state index in [1.807, 2.05) is 33.3 Å². The second-order valence-electron chi connectivity index (χ2n) is 25.4. The molecular formula is C73H138N2O7P+. The van der Waals surface area contributed by atoms with Gasteiger partial charge >= 0.3 is 13.8 Å². The Morgan fingerprint density at radius 3 is 1.13 bits per heavy atom. The lowest BCUT2D eigenvalue weighted by Gasteiger charge is -2.27. The Balaban J connectivity index is 4.98. The number of allylic oxidation sites excluding steroid dienone is 9. The Morgan fingerprint density at radius 1 is 0.422 bits per heavy atom. The van der Waals surface area contributed by atoms with Gasteiger partial charge in [0.25, 0.3) is 0 Å². The van der Waals surface area contributed by atoms with Gasteiger partial charge in [0.15, 0.2) is 0 Å². The van der Waals surface area contributed by atoms with Crippen molar-refractivity contribution in [1.82, 2.24) is 5.32 Å². The van der Waals surface area contributed by atoms with Crippen molar-refractivity contribution in [2.45, 2.75) is 354 Å². The van der Waals surface area contributed by atoms with E-state index in [2.05, 4.69) is 74.7 Å². The molecule has 0 bridgehead atoms. The number of nitrogens with zero attached hydrogens (tertiary/aromatic N) is 1. The molecule has 3 atom stereocenters. The smallest absolute Gasteiger partial charge is 0.456 e. The van der Waals surface area contributed by atoms with Crippen molar-refractivity contribution in [2.75, 3.05) is 40.9 Å². The summed E-state index contributed by atoms with van der Waals surface area (Å²) >= 11 is 0. The SMILES string of the molecule is CCCCC/C=C\C/C=C\C/C=C\CCCCCCCCC(=O)OC(/C=C\CCCCCCCCCCC)C(COP(=O)(O)OCC[N+](C)(C)C)NC(=O)CCCCCCCCCCCCCCCCCCC/C=C/CCCCCCCC. The number of rotatable bonds is 65. The minimum Gasteiger partial charge on any atom is -0.456 e. The second-order valence-corrected chi connectivity index (χ2v) is 26.9. The lowest BCUT2D eigenvalue weighted by atomic mass is 10.0. The average Bonchev–Trinajstić information content (AvgIpc) is 3.51. The number of carbonyl (C=O) groups is 2. The van der Waals surface area contributed by atoms with Crippen LogP contribution in [-0.2, 0) is 27.9 Å². The summed E-state index contributed by atoms with van der Waals surface area (Å²) in [5.41, 5.74) is 0. The van der Waals surface area contributed by atoms with Crippen LogP contribution < -0.4 is 5.32 Å². The monoisotopic (exact) mass is 1190 g/mol. The van der Waals surface area contributed by atoms with E-state index in [-0.39, 0.29) is 31.5 Å². The molecule has 0 heterocycles. The normalized spacial score (nSPS) is 13.9. The topological polar surface area (TPSA) is 111 Å². The van der Waals surface area contributed by atoms with Gasteiger partial charge in [0, 0.05) is 12.8 Å². The predicted molar refractivity (Wildman–Crippen MR) is 360 cm³/mol. The van der Waals surface area contributed by atoms with Crippen LogP contribution in [0.15, 0.2) is 60.8 Å². The maximum atomic E-state index is 13.6. The summed E-state index contributed by atoms with van der Waals surface area (Å²) < 4.78 is 30.8. The molecule has 0 spiro atoms. The van der Waals surface area contributed by atoms with E-state index in [1.165, 1.54) is 225 Å². The highest BCUT2D eigenvalue weighted by atomic mass is 31.2. The molecule has 0 radical (unpaired) electrons. The van der Waals surface area contributed by atoms with Crippen molar-refractivity contribution >= 4 is 19.7 Å². The van der Waals surface area contributed by atoms with Crippen molar-refractivity contribution in [3.63, 3.8) is 0 Å². The fraction of sp³-hybridized carbons (Fsp3) is 0.836. The summed E-state index contributed by atoms with van der Waals surface area (Å²) in [6.45, 7) is 7.01. The van der Waals surface area contributed by atoms with Crippen molar-refractivity contribution < 1.29 is 37.3 Å². The summed E-state index contributed by atoms with van der Waals surface area (Å²) in [5, 5.41) is 3.07. The first-order chi connectivity index (χ1) is 40.4. The van der Waals surface area contributed by atoms with E-state index in [0.29, 0.717) is 17.4 Å². The lowest BCUT2D eigenvalue weighted by molar-refractivity contribution is -0.870. The zero-order chi connectivity index (χ0) is 60.7. The Morgan fingerprint density at radius 2 is 0.735 bits per heavy atom. The molecule has 83 heavy (non-hydrogen) atoms. The van der Waals surface area contributed by atoms with Gasteiger partial charge < -0.3 is 19.4 Å². The number of amides is 1. The molecule has 0 aromatic rings. The number of phosphoric acid groups is 1. The van der Waals surface area contributed by atoms with E-state index >= 15 is 0 Å². The first-order valence-corrected chi connectivity index (χ1v) is 37.1. The van der Waals surface area contributed by atoms with Crippen molar-refractivity contribution in [2.24, 2.45) is 0 Å². The van der Waals surface area contributed by atoms with Gasteiger partial charge in [-0.15, -0.1) is 0 Å². The Hall–Kier alpha value is -2.29. The van der Waals surface area contributed by atoms with Crippen LogP contribution >= 0.6 is 7.82 Å². The first kappa shape index (κ1) is 80.7. The molecule has 3 unspecified atom stereocenters. The first-order valence-electron chi connectivity index (χ1n) is 35.6. The molecule has 2 N–H and O–H groups in total. The zero-order valence-electron chi connectivity index (χ0n) is 55.7. The minimum atomic E-state index is -4.46. The quantitative estimate of drug-likeness (QED) is 0.0205. The Bertz CT molecular complexity index is 1600. The summed E-state index contributed by atoms with van der Waals surface area (Å²) in [5.74, 6) is -0.508. The van der Waals surface area contributed by atoms with Crippen LogP contribution in [0.3, 0.4) is 0 Å². The summed E-state index contributed by atoms with van der Waals surface area (Å²) in [4.78, 5) is 37.8. The predicted octanol–water partition coefficient (Wildman–Crippen LogP) is 22.6. The van der Waals surface area contributed by atoms with Crippen LogP contribution in [-0.4, -0.2) is 74.3 Å². The standard InChI is InChI=1S/C73H137N2O7P/c1-7-10-13-16-19-22-25-27-29-31-33-34-35-36-37-38-39-40-42-43-45-47-50-53-56-59-62-65-72(76)74-70(69-81-83(78,79)80-68-67-75(4,5)6)71(64-61-58-55-52-49-24-21-18-15-12-9-3)82-73(77)66-63-60-57-54-51-48-46-44-41-32-30-28-26-23-20-17-14-11-8-2/h20,23,27-30,41,44,61,64,70-71H,7-19,21-22,24-26,31-40,42-43,45-60,62-63,65-69H2,1-6H3,(H-,74,76,78,79)/p+1/b23-20-,29-27+,30-28-,44-41-,64-61-. The molecule has 0 aliphatic carbocycles. The van der Waals surface area contributed by atoms with Gasteiger partial charge in [0.2, 0.25) is 5.91 Å². The number of nitrogens with one attached hydrogen (secondary N) is 1. The fourth-order valence-corrected chi connectivity index (χ4v) is 11.2. The highest BCUT2D eigenvalue weighted by Gasteiger charge is 2.30. The second kappa shape index (κ2) is 62.8. The van der Waals surface area contributed by atoms with E-state index in [9.17, 15) is 19.0 Å².